The Balaban J connectivity index is 2.30. The SMILES string of the molecule is C=COCCONC(=O)c1cc(F)c(F)c(F)c1Nc1ccc(I)cc1C. The topological polar surface area (TPSA) is 59.6 Å². The molecule has 144 valence electrons. The zero-order valence-corrected chi connectivity index (χ0v) is 16.4. The van der Waals surface area contributed by atoms with Gasteiger partial charge in [0.1, 0.15) is 13.2 Å². The number of rotatable bonds is 8. The fourth-order valence-electron chi connectivity index (χ4n) is 2.14. The maximum absolute atomic E-state index is 14.3. The Morgan fingerprint density at radius 1 is 1.22 bits per heavy atom. The number of carbonyl (C=O) groups is 1. The number of hydrogen-bond acceptors (Lipinski definition) is 4. The van der Waals surface area contributed by atoms with Gasteiger partial charge in [0.05, 0.1) is 17.5 Å². The molecule has 9 heteroatoms. The maximum atomic E-state index is 14.3. The highest BCUT2D eigenvalue weighted by atomic mass is 127. The van der Waals surface area contributed by atoms with E-state index in [4.69, 9.17) is 9.57 Å². The highest BCUT2D eigenvalue weighted by Crippen LogP contribution is 2.30. The van der Waals surface area contributed by atoms with Crippen molar-refractivity contribution in [1.29, 1.82) is 0 Å². The Hall–Kier alpha value is -2.27. The molecule has 0 fully saturated rings. The molecule has 2 N–H and O–H groups in total. The zero-order chi connectivity index (χ0) is 20.0. The second kappa shape index (κ2) is 9.60. The predicted molar refractivity (Wildman–Crippen MR) is 103 cm³/mol. The summed E-state index contributed by atoms with van der Waals surface area (Å²) in [6.07, 6.45) is 1.20. The molecule has 0 aliphatic rings. The van der Waals surface area contributed by atoms with Crippen molar-refractivity contribution in [1.82, 2.24) is 5.48 Å². The molecule has 0 saturated carbocycles. The quantitative estimate of drug-likeness (QED) is 0.186. The number of halogens is 4. The number of anilines is 2. The van der Waals surface area contributed by atoms with E-state index in [0.717, 1.165) is 9.13 Å². The monoisotopic (exact) mass is 492 g/mol. The van der Waals surface area contributed by atoms with Crippen LogP contribution in [-0.4, -0.2) is 19.1 Å². The van der Waals surface area contributed by atoms with Gasteiger partial charge in [-0.25, -0.2) is 18.7 Å². The Kier molecular flexibility index (Phi) is 7.48. The van der Waals surface area contributed by atoms with E-state index in [1.54, 1.807) is 19.1 Å². The number of hydrogen-bond donors (Lipinski definition) is 2. The highest BCUT2D eigenvalue weighted by Gasteiger charge is 2.23. The fraction of sp³-hybridized carbons (Fsp3) is 0.167. The van der Waals surface area contributed by atoms with Crippen molar-refractivity contribution >= 4 is 39.9 Å². The Labute approximate surface area is 167 Å². The molecule has 2 rings (SSSR count). The summed E-state index contributed by atoms with van der Waals surface area (Å²) in [7, 11) is 0. The smallest absolute Gasteiger partial charge is 0.277 e. The first-order valence-electron chi connectivity index (χ1n) is 7.70. The van der Waals surface area contributed by atoms with Crippen LogP contribution in [0.4, 0.5) is 24.5 Å². The molecule has 0 aliphatic heterocycles. The molecule has 5 nitrogen and oxygen atoms in total. The van der Waals surface area contributed by atoms with Crippen molar-refractivity contribution < 1.29 is 27.5 Å². The van der Waals surface area contributed by atoms with Gasteiger partial charge in [0.25, 0.3) is 5.91 Å². The van der Waals surface area contributed by atoms with Crippen LogP contribution in [0.3, 0.4) is 0 Å². The van der Waals surface area contributed by atoms with Crippen LogP contribution >= 0.6 is 22.6 Å². The van der Waals surface area contributed by atoms with E-state index in [1.807, 2.05) is 11.5 Å². The van der Waals surface area contributed by atoms with Crippen molar-refractivity contribution in [2.45, 2.75) is 6.92 Å². The van der Waals surface area contributed by atoms with Crippen LogP contribution < -0.4 is 10.8 Å². The Morgan fingerprint density at radius 3 is 2.63 bits per heavy atom. The number of carbonyl (C=O) groups excluding carboxylic acids is 1. The second-order valence-electron chi connectivity index (χ2n) is 5.31. The van der Waals surface area contributed by atoms with Gasteiger partial charge in [-0.3, -0.25) is 9.63 Å². The fourth-order valence-corrected chi connectivity index (χ4v) is 2.79. The lowest BCUT2D eigenvalue weighted by atomic mass is 10.1. The van der Waals surface area contributed by atoms with E-state index in [9.17, 15) is 18.0 Å². The lowest BCUT2D eigenvalue weighted by molar-refractivity contribution is 0.0145. The van der Waals surface area contributed by atoms with Crippen LogP contribution in [0.5, 0.6) is 0 Å². The molecule has 1 amide bonds. The largest absolute Gasteiger partial charge is 0.499 e. The summed E-state index contributed by atoms with van der Waals surface area (Å²) in [5, 5.41) is 2.66. The first-order valence-corrected chi connectivity index (χ1v) is 8.78. The van der Waals surface area contributed by atoms with E-state index in [2.05, 4.69) is 34.5 Å². The predicted octanol–water partition coefficient (Wildman–Crippen LogP) is 4.58. The van der Waals surface area contributed by atoms with E-state index < -0.39 is 34.6 Å². The van der Waals surface area contributed by atoms with Crippen LogP contribution in [0.25, 0.3) is 0 Å². The molecule has 27 heavy (non-hydrogen) atoms. The van der Waals surface area contributed by atoms with Gasteiger partial charge in [0, 0.05) is 9.26 Å². The lowest BCUT2D eigenvalue weighted by Crippen LogP contribution is -2.27. The van der Waals surface area contributed by atoms with Gasteiger partial charge >= 0.3 is 0 Å². The third kappa shape index (κ3) is 5.36. The number of hydroxylamine groups is 1. The Bertz CT molecular complexity index is 862. The van der Waals surface area contributed by atoms with Crippen LogP contribution in [0, 0.1) is 27.9 Å². The summed E-state index contributed by atoms with van der Waals surface area (Å²) in [5.74, 6) is -5.62. The van der Waals surface area contributed by atoms with Gasteiger partial charge in [-0.1, -0.05) is 6.58 Å². The number of aryl methyl sites for hydroxylation is 1. The summed E-state index contributed by atoms with van der Waals surface area (Å²) in [6.45, 7) is 5.18. The third-order valence-electron chi connectivity index (χ3n) is 3.44. The van der Waals surface area contributed by atoms with Crippen LogP contribution in [-0.2, 0) is 9.57 Å². The minimum absolute atomic E-state index is 0.0249. The molecule has 0 bridgehead atoms. The molecule has 0 aliphatic carbocycles. The molecular formula is C18H16F3IN2O3. The molecule has 2 aromatic carbocycles. The molecular weight excluding hydrogens is 476 g/mol. The van der Waals surface area contributed by atoms with E-state index in [-0.39, 0.29) is 13.2 Å². The van der Waals surface area contributed by atoms with E-state index in [0.29, 0.717) is 11.8 Å². The zero-order valence-electron chi connectivity index (χ0n) is 14.2. The maximum Gasteiger partial charge on any atom is 0.277 e. The first kappa shape index (κ1) is 21.0. The van der Waals surface area contributed by atoms with E-state index >= 15 is 0 Å². The minimum atomic E-state index is -1.68. The standard InChI is InChI=1S/C18H16F3IN2O3/c1-3-26-6-7-27-24-18(25)12-9-13(19)15(20)16(21)17(12)23-14-5-4-11(22)8-10(14)2/h3-5,8-9,23H,1,6-7H2,2H3,(H,24,25). The van der Waals surface area contributed by atoms with Crippen molar-refractivity contribution in [2.24, 2.45) is 0 Å². The number of benzene rings is 2. The molecule has 0 radical (unpaired) electrons. The number of ether oxygens (including phenoxy) is 1. The summed E-state index contributed by atoms with van der Waals surface area (Å²) in [6, 6.07) is 5.80. The number of nitrogens with one attached hydrogen (secondary N) is 2. The van der Waals surface area contributed by atoms with Crippen molar-refractivity contribution in [3.05, 3.63) is 69.3 Å². The summed E-state index contributed by atoms with van der Waals surface area (Å²) in [4.78, 5) is 17.1. The van der Waals surface area contributed by atoms with Gasteiger partial charge in [-0.05, 0) is 59.3 Å². The van der Waals surface area contributed by atoms with E-state index in [1.165, 1.54) is 6.26 Å². The Morgan fingerprint density at radius 2 is 1.96 bits per heavy atom. The molecule has 0 atom stereocenters. The average Bonchev–Trinajstić information content (AvgIpc) is 2.63. The molecule has 2 aromatic rings. The lowest BCUT2D eigenvalue weighted by Gasteiger charge is -2.16. The minimum Gasteiger partial charge on any atom is -0.499 e. The van der Waals surface area contributed by atoms with Gasteiger partial charge in [-0.15, -0.1) is 0 Å². The molecule has 0 spiro atoms. The second-order valence-corrected chi connectivity index (χ2v) is 6.56. The van der Waals surface area contributed by atoms with Gasteiger partial charge in [0.15, 0.2) is 17.5 Å². The molecule has 0 unspecified atom stereocenters. The summed E-state index contributed by atoms with van der Waals surface area (Å²) >= 11 is 2.10. The van der Waals surface area contributed by atoms with Gasteiger partial charge < -0.3 is 10.1 Å². The van der Waals surface area contributed by atoms with Crippen LogP contribution in [0.15, 0.2) is 37.1 Å². The summed E-state index contributed by atoms with van der Waals surface area (Å²) in [5.41, 5.74) is 2.25. The van der Waals surface area contributed by atoms with Crippen molar-refractivity contribution in [2.75, 3.05) is 18.5 Å². The normalized spacial score (nSPS) is 10.4. The van der Waals surface area contributed by atoms with Crippen molar-refractivity contribution in [3.63, 3.8) is 0 Å². The van der Waals surface area contributed by atoms with Gasteiger partial charge in [-0.2, -0.15) is 0 Å². The first-order chi connectivity index (χ1) is 12.8. The molecule has 0 aromatic heterocycles. The van der Waals surface area contributed by atoms with Gasteiger partial charge in [0.2, 0.25) is 0 Å². The summed E-state index contributed by atoms with van der Waals surface area (Å²) < 4.78 is 47.4. The van der Waals surface area contributed by atoms with Crippen LogP contribution in [0.1, 0.15) is 15.9 Å². The van der Waals surface area contributed by atoms with Crippen molar-refractivity contribution in [3.8, 4) is 0 Å². The molecule has 0 saturated heterocycles. The third-order valence-corrected chi connectivity index (χ3v) is 4.11. The average molecular weight is 492 g/mol. The highest BCUT2D eigenvalue weighted by molar-refractivity contribution is 14.1. The molecule has 0 heterocycles. The van der Waals surface area contributed by atoms with Crippen LogP contribution in [0.2, 0.25) is 0 Å². The number of amides is 1.